The van der Waals surface area contributed by atoms with Gasteiger partial charge in [0.25, 0.3) is 0 Å². The van der Waals surface area contributed by atoms with E-state index in [-0.39, 0.29) is 18.9 Å². The lowest BCUT2D eigenvalue weighted by molar-refractivity contribution is -0.136. The van der Waals surface area contributed by atoms with E-state index < -0.39 is 26.8 Å². The second-order valence-electron chi connectivity index (χ2n) is 10.5. The van der Waals surface area contributed by atoms with Gasteiger partial charge in [0.1, 0.15) is 11.4 Å². The molecule has 1 heterocycles. The molecule has 1 aromatic rings. The monoisotopic (exact) mass is 538 g/mol. The average molecular weight is 539 g/mol. The smallest absolute Gasteiger partial charge is 0.410 e. The van der Waals surface area contributed by atoms with Gasteiger partial charge in [0.2, 0.25) is 10.0 Å². The van der Waals surface area contributed by atoms with Gasteiger partial charge in [0, 0.05) is 25.1 Å². The van der Waals surface area contributed by atoms with Gasteiger partial charge in [-0.2, -0.15) is 0 Å². The third-order valence-electron chi connectivity index (χ3n) is 6.29. The molecule has 208 valence electrons. The van der Waals surface area contributed by atoms with Gasteiger partial charge in [-0.15, -0.1) is 0 Å². The molecular formula is C27H42N2O7S. The van der Waals surface area contributed by atoms with E-state index in [1.54, 1.807) is 43.0 Å². The number of carbonyl (C=O) groups excluding carboxylic acids is 1. The van der Waals surface area contributed by atoms with E-state index in [0.29, 0.717) is 49.0 Å². The number of carboxylic acids is 1. The van der Waals surface area contributed by atoms with Crippen molar-refractivity contribution in [1.29, 1.82) is 0 Å². The fourth-order valence-corrected chi connectivity index (χ4v) is 5.04. The summed E-state index contributed by atoms with van der Waals surface area (Å²) < 4.78 is 39.8. The number of allylic oxidation sites excluding steroid dienone is 1. The van der Waals surface area contributed by atoms with Crippen molar-refractivity contribution >= 4 is 27.8 Å². The summed E-state index contributed by atoms with van der Waals surface area (Å²) >= 11 is 0. The number of benzene rings is 1. The zero-order valence-corrected chi connectivity index (χ0v) is 23.5. The number of likely N-dealkylation sites (tertiary alicyclic amines) is 1. The average Bonchev–Trinajstić information content (AvgIpc) is 2.82. The minimum absolute atomic E-state index is 0.112. The van der Waals surface area contributed by atoms with Crippen LogP contribution in [0.5, 0.6) is 5.75 Å². The molecule has 0 aliphatic carbocycles. The highest BCUT2D eigenvalue weighted by molar-refractivity contribution is 7.90. The fraction of sp³-hybridized carbons (Fsp3) is 0.630. The van der Waals surface area contributed by atoms with E-state index in [4.69, 9.17) is 14.6 Å². The number of carbonyl (C=O) groups is 2. The van der Waals surface area contributed by atoms with Crippen LogP contribution in [0.15, 0.2) is 30.3 Å². The quantitative estimate of drug-likeness (QED) is 0.383. The van der Waals surface area contributed by atoms with Crippen LogP contribution in [0.25, 0.3) is 5.70 Å². The number of piperidine rings is 1. The highest BCUT2D eigenvalue weighted by atomic mass is 32.2. The number of ether oxygens (including phenoxy) is 2. The first-order valence-corrected chi connectivity index (χ1v) is 14.5. The Hall–Kier alpha value is -2.75. The first kappa shape index (κ1) is 30.5. The summed E-state index contributed by atoms with van der Waals surface area (Å²) in [5.41, 5.74) is 0.376. The molecule has 1 aliphatic rings. The predicted molar refractivity (Wildman–Crippen MR) is 144 cm³/mol. The Labute approximate surface area is 221 Å². The summed E-state index contributed by atoms with van der Waals surface area (Å²) in [5.74, 6) is -0.0231. The van der Waals surface area contributed by atoms with Gasteiger partial charge >= 0.3 is 12.1 Å². The topological polar surface area (TPSA) is 122 Å². The van der Waals surface area contributed by atoms with Crippen molar-refractivity contribution in [3.05, 3.63) is 35.9 Å². The van der Waals surface area contributed by atoms with Gasteiger partial charge in [-0.3, -0.25) is 9.52 Å². The van der Waals surface area contributed by atoms with Crippen LogP contribution >= 0.6 is 0 Å². The Balaban J connectivity index is 2.04. The molecular weight excluding hydrogens is 496 g/mol. The number of amides is 1. The highest BCUT2D eigenvalue weighted by Crippen LogP contribution is 2.28. The molecule has 37 heavy (non-hydrogen) atoms. The maximum Gasteiger partial charge on any atom is 0.410 e. The first-order chi connectivity index (χ1) is 17.3. The van der Waals surface area contributed by atoms with E-state index in [1.807, 2.05) is 26.8 Å². The number of carboxylic acid groups (broad SMARTS) is 1. The second kappa shape index (κ2) is 13.7. The third kappa shape index (κ3) is 10.3. The van der Waals surface area contributed by atoms with Crippen LogP contribution in [-0.2, 0) is 19.6 Å². The van der Waals surface area contributed by atoms with Crippen LogP contribution in [-0.4, -0.2) is 61.0 Å². The SMILES string of the molecule is CC[C@H](C)S(=O)(=O)NC(=CCCC(=O)O)c1ccccc1OCCC1CCN(C(=O)OC(C)(C)C)CC1. The number of sulfonamides is 1. The number of hydrogen-bond acceptors (Lipinski definition) is 6. The van der Waals surface area contributed by atoms with E-state index in [2.05, 4.69) is 4.72 Å². The van der Waals surface area contributed by atoms with Crippen LogP contribution in [0.4, 0.5) is 4.79 Å². The first-order valence-electron chi connectivity index (χ1n) is 13.0. The summed E-state index contributed by atoms with van der Waals surface area (Å²) in [6.45, 7) is 10.7. The molecule has 1 fully saturated rings. The maximum absolute atomic E-state index is 12.8. The van der Waals surface area contributed by atoms with Gasteiger partial charge in [0.05, 0.1) is 17.6 Å². The van der Waals surface area contributed by atoms with Crippen molar-refractivity contribution in [2.45, 2.75) is 84.0 Å². The molecule has 0 radical (unpaired) electrons. The molecule has 1 atom stereocenters. The summed E-state index contributed by atoms with van der Waals surface area (Å²) in [7, 11) is -3.65. The van der Waals surface area contributed by atoms with E-state index in [9.17, 15) is 18.0 Å². The molecule has 1 aromatic carbocycles. The molecule has 1 aliphatic heterocycles. The lowest BCUT2D eigenvalue weighted by atomic mass is 9.94. The van der Waals surface area contributed by atoms with E-state index >= 15 is 0 Å². The Kier molecular flexibility index (Phi) is 11.3. The number of hydrogen-bond donors (Lipinski definition) is 2. The lowest BCUT2D eigenvalue weighted by Gasteiger charge is -2.33. The molecule has 0 bridgehead atoms. The molecule has 0 saturated carbocycles. The Morgan fingerprint density at radius 1 is 1.22 bits per heavy atom. The molecule has 9 nitrogen and oxygen atoms in total. The third-order valence-corrected chi connectivity index (χ3v) is 8.19. The normalized spacial score (nSPS) is 16.2. The molecule has 1 amide bonds. The fourth-order valence-electron chi connectivity index (χ4n) is 3.90. The van der Waals surface area contributed by atoms with Gasteiger partial charge in [-0.25, -0.2) is 13.2 Å². The van der Waals surface area contributed by atoms with Crippen molar-refractivity contribution in [2.24, 2.45) is 5.92 Å². The minimum atomic E-state index is -3.65. The van der Waals surface area contributed by atoms with Crippen molar-refractivity contribution in [1.82, 2.24) is 9.62 Å². The predicted octanol–water partition coefficient (Wildman–Crippen LogP) is 5.03. The number of rotatable bonds is 12. The maximum atomic E-state index is 12.8. The summed E-state index contributed by atoms with van der Waals surface area (Å²) in [5, 5.41) is 8.42. The highest BCUT2D eigenvalue weighted by Gasteiger charge is 2.27. The second-order valence-corrected chi connectivity index (χ2v) is 12.6. The number of nitrogens with one attached hydrogen (secondary N) is 1. The van der Waals surface area contributed by atoms with Gasteiger partial charge in [0.15, 0.2) is 0 Å². The zero-order valence-electron chi connectivity index (χ0n) is 22.7. The Morgan fingerprint density at radius 2 is 1.86 bits per heavy atom. The Morgan fingerprint density at radius 3 is 2.46 bits per heavy atom. The standard InChI is InChI=1S/C27H42N2O7S/c1-6-20(2)37(33,34)28-23(11-9-13-25(30)31)22-10-7-8-12-24(22)35-19-16-21-14-17-29(18-15-21)26(32)36-27(3,4)5/h7-8,10-12,20-21,28H,6,9,13-19H2,1-5H3,(H,30,31)/t20-/m0/s1. The summed E-state index contributed by atoms with van der Waals surface area (Å²) in [6, 6.07) is 7.15. The molecule has 2 N–H and O–H groups in total. The van der Waals surface area contributed by atoms with Gasteiger partial charge in [-0.1, -0.05) is 25.1 Å². The van der Waals surface area contributed by atoms with Crippen LogP contribution in [0.1, 0.15) is 78.7 Å². The molecule has 2 rings (SSSR count). The van der Waals surface area contributed by atoms with E-state index in [0.717, 1.165) is 19.3 Å². The molecule has 10 heteroatoms. The van der Waals surface area contributed by atoms with Crippen LogP contribution < -0.4 is 9.46 Å². The molecule has 1 saturated heterocycles. The number of para-hydroxylation sites is 1. The van der Waals surface area contributed by atoms with Gasteiger partial charge < -0.3 is 19.5 Å². The minimum Gasteiger partial charge on any atom is -0.493 e. The summed E-state index contributed by atoms with van der Waals surface area (Å²) in [4.78, 5) is 25.0. The largest absolute Gasteiger partial charge is 0.493 e. The van der Waals surface area contributed by atoms with Gasteiger partial charge in [-0.05, 0) is 77.8 Å². The lowest BCUT2D eigenvalue weighted by Crippen LogP contribution is -2.41. The van der Waals surface area contributed by atoms with Crippen LogP contribution in [0, 0.1) is 5.92 Å². The molecule has 0 spiro atoms. The summed E-state index contributed by atoms with van der Waals surface area (Å²) in [6.07, 6.45) is 4.35. The number of aliphatic carboxylic acids is 1. The zero-order chi connectivity index (χ0) is 27.6. The van der Waals surface area contributed by atoms with Crippen LogP contribution in [0.2, 0.25) is 0 Å². The van der Waals surface area contributed by atoms with Crippen molar-refractivity contribution in [3.63, 3.8) is 0 Å². The van der Waals surface area contributed by atoms with Crippen molar-refractivity contribution in [2.75, 3.05) is 19.7 Å². The van der Waals surface area contributed by atoms with Crippen molar-refractivity contribution < 1.29 is 32.6 Å². The van der Waals surface area contributed by atoms with E-state index in [1.165, 1.54) is 0 Å². The molecule has 0 unspecified atom stereocenters. The number of nitrogens with zero attached hydrogens (tertiary/aromatic N) is 1. The Bertz CT molecular complexity index is 1040. The van der Waals surface area contributed by atoms with Crippen LogP contribution in [0.3, 0.4) is 0 Å². The van der Waals surface area contributed by atoms with Crippen molar-refractivity contribution in [3.8, 4) is 5.75 Å². The molecule has 0 aromatic heterocycles.